The van der Waals surface area contributed by atoms with Crippen LogP contribution in [0.1, 0.15) is 92.9 Å². The van der Waals surface area contributed by atoms with Gasteiger partial charge in [-0.2, -0.15) is 0 Å². The predicted octanol–water partition coefficient (Wildman–Crippen LogP) is 5.27. The minimum Gasteiger partial charge on any atom is -0.294 e. The molecule has 2 heteroatoms. The molecule has 0 N–H and O–H groups in total. The number of ketones is 1. The van der Waals surface area contributed by atoms with Gasteiger partial charge in [0.2, 0.25) is 0 Å². The van der Waals surface area contributed by atoms with E-state index in [4.69, 9.17) is 4.98 Å². The molecule has 6 rings (SSSR count). The maximum Gasteiger partial charge on any atom is 0.167 e. The maximum absolute atomic E-state index is 12.7. The van der Waals surface area contributed by atoms with Gasteiger partial charge >= 0.3 is 0 Å². The number of hydrogen-bond acceptors (Lipinski definition) is 2. The quantitative estimate of drug-likeness (QED) is 0.742. The zero-order valence-electron chi connectivity index (χ0n) is 15.1. The number of nitrogens with zero attached hydrogens (tertiary/aromatic N) is 1. The predicted molar refractivity (Wildman–Crippen MR) is 95.2 cm³/mol. The Morgan fingerprint density at radius 2 is 1.67 bits per heavy atom. The first-order valence-electron chi connectivity index (χ1n) is 10.1. The molecule has 5 aliphatic carbocycles. The lowest BCUT2D eigenvalue weighted by atomic mass is 9.48. The van der Waals surface area contributed by atoms with Crippen LogP contribution in [-0.2, 0) is 5.41 Å². The fourth-order valence-corrected chi connectivity index (χ4v) is 7.00. The van der Waals surface area contributed by atoms with Crippen molar-refractivity contribution in [3.05, 3.63) is 29.1 Å². The molecule has 2 atom stereocenters. The third kappa shape index (κ3) is 2.07. The number of pyridine rings is 1. The molecule has 24 heavy (non-hydrogen) atoms. The van der Waals surface area contributed by atoms with Gasteiger partial charge in [-0.15, -0.1) is 0 Å². The van der Waals surface area contributed by atoms with Crippen LogP contribution >= 0.6 is 0 Å². The number of hydrogen-bond donors (Lipinski definition) is 0. The Morgan fingerprint density at radius 1 is 1.04 bits per heavy atom. The second-order valence-electron chi connectivity index (χ2n) is 9.43. The minimum absolute atomic E-state index is 0.208. The van der Waals surface area contributed by atoms with Crippen LogP contribution in [-0.4, -0.2) is 10.8 Å². The Kier molecular flexibility index (Phi) is 3.25. The minimum atomic E-state index is 0.208. The molecule has 128 valence electrons. The number of carbonyl (C=O) groups is 1. The van der Waals surface area contributed by atoms with E-state index in [-0.39, 0.29) is 5.92 Å². The molecule has 5 aliphatic rings. The highest BCUT2D eigenvalue weighted by molar-refractivity contribution is 6.00. The molecule has 0 spiro atoms. The smallest absolute Gasteiger partial charge is 0.167 e. The summed E-state index contributed by atoms with van der Waals surface area (Å²) in [6, 6.07) is 4.37. The zero-order chi connectivity index (χ0) is 16.5. The lowest BCUT2D eigenvalue weighted by Crippen LogP contribution is -2.49. The normalized spacial score (nSPS) is 43.1. The Morgan fingerprint density at radius 3 is 2.25 bits per heavy atom. The molecular weight excluding hydrogens is 294 g/mol. The molecular formula is C22H29NO. The van der Waals surface area contributed by atoms with Gasteiger partial charge in [0.1, 0.15) is 0 Å². The SMILES string of the molecule is CCC1CC(C)c2nc(C34CC5CC(CC(C5)C3)C4)ccc2C1=O. The van der Waals surface area contributed by atoms with Gasteiger partial charge in [0.25, 0.3) is 0 Å². The van der Waals surface area contributed by atoms with E-state index in [9.17, 15) is 4.79 Å². The monoisotopic (exact) mass is 323 g/mol. The van der Waals surface area contributed by atoms with Crippen LogP contribution in [0, 0.1) is 23.7 Å². The summed E-state index contributed by atoms with van der Waals surface area (Å²) in [5, 5.41) is 0. The fourth-order valence-electron chi connectivity index (χ4n) is 7.00. The van der Waals surface area contributed by atoms with Gasteiger partial charge in [0.05, 0.1) is 5.69 Å². The number of aromatic nitrogens is 1. The maximum atomic E-state index is 12.7. The molecule has 4 saturated carbocycles. The van der Waals surface area contributed by atoms with E-state index in [2.05, 4.69) is 26.0 Å². The number of rotatable bonds is 2. The Bertz CT molecular complexity index is 656. The van der Waals surface area contributed by atoms with Crippen molar-refractivity contribution in [2.24, 2.45) is 23.7 Å². The highest BCUT2D eigenvalue weighted by Crippen LogP contribution is 2.60. The number of carbonyl (C=O) groups excluding carboxylic acids is 1. The summed E-state index contributed by atoms with van der Waals surface area (Å²) in [6.07, 6.45) is 10.4. The van der Waals surface area contributed by atoms with Crippen molar-refractivity contribution in [1.82, 2.24) is 4.98 Å². The van der Waals surface area contributed by atoms with Gasteiger partial charge in [-0.05, 0) is 87.2 Å². The molecule has 0 saturated heterocycles. The first-order valence-corrected chi connectivity index (χ1v) is 10.1. The van der Waals surface area contributed by atoms with Crippen molar-refractivity contribution < 1.29 is 4.79 Å². The molecule has 1 heterocycles. The summed E-state index contributed by atoms with van der Waals surface area (Å²) >= 11 is 0. The van der Waals surface area contributed by atoms with Crippen LogP contribution in [0.5, 0.6) is 0 Å². The molecule has 1 aromatic rings. The average Bonchev–Trinajstić information content (AvgIpc) is 2.56. The molecule has 2 nitrogen and oxygen atoms in total. The second-order valence-corrected chi connectivity index (χ2v) is 9.43. The van der Waals surface area contributed by atoms with E-state index < -0.39 is 0 Å². The van der Waals surface area contributed by atoms with E-state index in [1.807, 2.05) is 0 Å². The average molecular weight is 323 g/mol. The Hall–Kier alpha value is -1.18. The van der Waals surface area contributed by atoms with Crippen molar-refractivity contribution in [3.8, 4) is 0 Å². The van der Waals surface area contributed by atoms with E-state index in [1.54, 1.807) is 0 Å². The molecule has 0 amide bonds. The Balaban J connectivity index is 1.55. The first kappa shape index (κ1) is 15.1. The largest absolute Gasteiger partial charge is 0.294 e. The topological polar surface area (TPSA) is 30.0 Å². The molecule has 4 fully saturated rings. The van der Waals surface area contributed by atoms with Gasteiger partial charge in [0, 0.05) is 22.6 Å². The van der Waals surface area contributed by atoms with Crippen LogP contribution in [0.15, 0.2) is 12.1 Å². The van der Waals surface area contributed by atoms with E-state index in [0.717, 1.165) is 41.9 Å². The van der Waals surface area contributed by atoms with Crippen molar-refractivity contribution in [2.45, 2.75) is 76.5 Å². The standard InChI is InChI=1S/C22H29NO/c1-3-17-6-13(2)20-18(21(17)24)4-5-19(23-20)22-10-14-7-15(11-22)9-16(8-14)12-22/h4-5,13-17H,3,6-12H2,1-2H3. The summed E-state index contributed by atoms with van der Waals surface area (Å²) in [6.45, 7) is 4.40. The Labute approximate surface area is 145 Å². The lowest BCUT2D eigenvalue weighted by Gasteiger charge is -2.56. The highest BCUT2D eigenvalue weighted by atomic mass is 16.1. The van der Waals surface area contributed by atoms with Crippen LogP contribution in [0.2, 0.25) is 0 Å². The molecule has 0 aromatic carbocycles. The van der Waals surface area contributed by atoms with Crippen LogP contribution in [0.25, 0.3) is 0 Å². The first-order chi connectivity index (χ1) is 11.6. The van der Waals surface area contributed by atoms with Gasteiger partial charge < -0.3 is 0 Å². The lowest BCUT2D eigenvalue weighted by molar-refractivity contribution is -0.00735. The van der Waals surface area contributed by atoms with Crippen LogP contribution in [0.3, 0.4) is 0 Å². The summed E-state index contributed by atoms with van der Waals surface area (Å²) in [5.41, 5.74) is 3.70. The number of fused-ring (bicyclic) bond motifs is 1. The summed E-state index contributed by atoms with van der Waals surface area (Å²) < 4.78 is 0. The molecule has 2 unspecified atom stereocenters. The molecule has 1 aromatic heterocycles. The van der Waals surface area contributed by atoms with Gasteiger partial charge in [-0.25, -0.2) is 0 Å². The molecule has 4 bridgehead atoms. The number of Topliss-reactive ketones (excluding diaryl/α,β-unsaturated/α-hetero) is 1. The highest BCUT2D eigenvalue weighted by Gasteiger charge is 2.52. The van der Waals surface area contributed by atoms with E-state index >= 15 is 0 Å². The molecule has 0 radical (unpaired) electrons. The molecule has 0 aliphatic heterocycles. The van der Waals surface area contributed by atoms with Gasteiger partial charge in [-0.1, -0.05) is 13.8 Å². The zero-order valence-corrected chi connectivity index (χ0v) is 15.1. The van der Waals surface area contributed by atoms with E-state index in [0.29, 0.717) is 17.1 Å². The van der Waals surface area contributed by atoms with Crippen molar-refractivity contribution in [2.75, 3.05) is 0 Å². The second kappa shape index (κ2) is 5.16. The van der Waals surface area contributed by atoms with Gasteiger partial charge in [0.15, 0.2) is 5.78 Å². The summed E-state index contributed by atoms with van der Waals surface area (Å²) in [5.74, 6) is 3.80. The van der Waals surface area contributed by atoms with Gasteiger partial charge in [-0.3, -0.25) is 9.78 Å². The van der Waals surface area contributed by atoms with E-state index in [1.165, 1.54) is 44.2 Å². The van der Waals surface area contributed by atoms with Crippen LogP contribution < -0.4 is 0 Å². The van der Waals surface area contributed by atoms with Crippen molar-refractivity contribution in [1.29, 1.82) is 0 Å². The third-order valence-electron chi connectivity index (χ3n) is 7.74. The summed E-state index contributed by atoms with van der Waals surface area (Å²) in [7, 11) is 0. The third-order valence-corrected chi connectivity index (χ3v) is 7.74. The summed E-state index contributed by atoms with van der Waals surface area (Å²) in [4.78, 5) is 17.9. The van der Waals surface area contributed by atoms with Crippen molar-refractivity contribution in [3.63, 3.8) is 0 Å². The van der Waals surface area contributed by atoms with Crippen molar-refractivity contribution >= 4 is 5.78 Å². The van der Waals surface area contributed by atoms with Crippen LogP contribution in [0.4, 0.5) is 0 Å². The fraction of sp³-hybridized carbons (Fsp3) is 0.727.